The van der Waals surface area contributed by atoms with Crippen molar-refractivity contribution in [2.24, 2.45) is 5.92 Å². The Kier molecular flexibility index (Phi) is 13.0. The van der Waals surface area contributed by atoms with Crippen molar-refractivity contribution in [2.45, 2.75) is 58.6 Å². The number of likely N-dealkylation sites (tertiary alicyclic amines) is 1. The van der Waals surface area contributed by atoms with Gasteiger partial charge < -0.3 is 19.7 Å². The number of ether oxygens (including phenoxy) is 2. The molecule has 9 heteroatoms. The normalized spacial score (nSPS) is 19.4. The SMILES string of the molecule is CCOC(=O)C1CN(C(=O)OC(C)(C)C)CCC1=O.CNC1CC1.II. The Morgan fingerprint density at radius 1 is 1.27 bits per heavy atom. The van der Waals surface area contributed by atoms with Crippen LogP contribution in [-0.2, 0) is 19.1 Å². The number of ketones is 1. The number of esters is 1. The molecule has 1 N–H and O–H groups in total. The van der Waals surface area contributed by atoms with Gasteiger partial charge in [-0.15, -0.1) is 0 Å². The fraction of sp³-hybridized carbons (Fsp3) is 0.824. The van der Waals surface area contributed by atoms with Gasteiger partial charge in [-0.25, -0.2) is 4.79 Å². The molecule has 1 saturated heterocycles. The van der Waals surface area contributed by atoms with Gasteiger partial charge in [-0.05, 0) is 47.6 Å². The highest BCUT2D eigenvalue weighted by atomic mass is 128. The van der Waals surface area contributed by atoms with Gasteiger partial charge in [0, 0.05) is 62.8 Å². The summed E-state index contributed by atoms with van der Waals surface area (Å²) in [5, 5.41) is 3.14. The summed E-state index contributed by atoms with van der Waals surface area (Å²) in [6, 6.07) is 0.884. The van der Waals surface area contributed by atoms with Crippen molar-refractivity contribution in [3.05, 3.63) is 0 Å². The van der Waals surface area contributed by atoms with Crippen molar-refractivity contribution >= 4 is 55.1 Å². The van der Waals surface area contributed by atoms with E-state index in [9.17, 15) is 14.4 Å². The summed E-state index contributed by atoms with van der Waals surface area (Å²) in [5.74, 6) is -1.64. The van der Waals surface area contributed by atoms with Gasteiger partial charge in [-0.2, -0.15) is 0 Å². The van der Waals surface area contributed by atoms with E-state index in [4.69, 9.17) is 9.47 Å². The summed E-state index contributed by atoms with van der Waals surface area (Å²) in [5.41, 5.74) is -0.599. The van der Waals surface area contributed by atoms with E-state index in [0.29, 0.717) is 0 Å². The number of nitrogens with zero attached hydrogens (tertiary/aromatic N) is 1. The third kappa shape index (κ3) is 10.9. The summed E-state index contributed by atoms with van der Waals surface area (Å²) < 4.78 is 10.1. The second-order valence-corrected chi connectivity index (χ2v) is 7.01. The van der Waals surface area contributed by atoms with Gasteiger partial charge in [0.2, 0.25) is 0 Å². The topological polar surface area (TPSA) is 84.9 Å². The van der Waals surface area contributed by atoms with Gasteiger partial charge in [-0.1, -0.05) is 0 Å². The standard InChI is InChI=1S/C13H21NO5.C4H9N.I2/c1-5-18-11(16)9-8-14(7-6-10(9)15)12(17)19-13(2,3)4;1-5-4-2-3-4;1-2/h9H,5-8H2,1-4H3;4-5H,2-3H2,1H3;. The Balaban J connectivity index is 0.000000749. The fourth-order valence-corrected chi connectivity index (χ4v) is 2.15. The maximum atomic E-state index is 11.9. The number of hydrogen-bond acceptors (Lipinski definition) is 6. The molecule has 0 aromatic carbocycles. The van der Waals surface area contributed by atoms with Crippen LogP contribution in [0.2, 0.25) is 0 Å². The third-order valence-electron chi connectivity index (χ3n) is 3.63. The molecule has 0 aromatic rings. The summed E-state index contributed by atoms with van der Waals surface area (Å²) in [6.07, 6.45) is 2.45. The Labute approximate surface area is 179 Å². The molecule has 1 aliphatic heterocycles. The molecule has 1 amide bonds. The number of Topliss-reactive ketones (excluding diaryl/α,β-unsaturated/α-hetero) is 1. The number of piperidine rings is 1. The van der Waals surface area contributed by atoms with Crippen LogP contribution in [-0.4, -0.2) is 61.1 Å². The Bertz CT molecular complexity index is 465. The van der Waals surface area contributed by atoms with Crippen LogP contribution < -0.4 is 5.32 Å². The predicted molar refractivity (Wildman–Crippen MR) is 118 cm³/mol. The third-order valence-corrected chi connectivity index (χ3v) is 3.63. The molecule has 2 fully saturated rings. The zero-order valence-corrected chi connectivity index (χ0v) is 20.5. The lowest BCUT2D eigenvalue weighted by atomic mass is 9.97. The molecule has 7 nitrogen and oxygen atoms in total. The van der Waals surface area contributed by atoms with E-state index in [2.05, 4.69) is 42.5 Å². The van der Waals surface area contributed by atoms with Crippen molar-refractivity contribution in [1.82, 2.24) is 10.2 Å². The molecule has 1 saturated carbocycles. The summed E-state index contributed by atoms with van der Waals surface area (Å²) in [7, 11) is 2.01. The molecule has 152 valence electrons. The largest absolute Gasteiger partial charge is 0.465 e. The molecular formula is C17H30I2N2O5. The van der Waals surface area contributed by atoms with Crippen LogP contribution in [0.5, 0.6) is 0 Å². The Hall–Kier alpha value is -0.170. The van der Waals surface area contributed by atoms with Gasteiger partial charge in [0.15, 0.2) is 5.78 Å². The van der Waals surface area contributed by atoms with Crippen LogP contribution in [0, 0.1) is 5.92 Å². The first-order valence-electron chi connectivity index (χ1n) is 8.66. The molecule has 0 aromatic heterocycles. The van der Waals surface area contributed by atoms with E-state index in [0.717, 1.165) is 6.04 Å². The zero-order chi connectivity index (χ0) is 20.3. The van der Waals surface area contributed by atoms with Gasteiger partial charge in [-0.3, -0.25) is 9.59 Å². The number of halogens is 2. The molecule has 26 heavy (non-hydrogen) atoms. The van der Waals surface area contributed by atoms with Crippen LogP contribution in [0.3, 0.4) is 0 Å². The summed E-state index contributed by atoms with van der Waals surface area (Å²) in [6.45, 7) is 7.51. The van der Waals surface area contributed by atoms with E-state index in [-0.39, 0.29) is 31.9 Å². The van der Waals surface area contributed by atoms with E-state index >= 15 is 0 Å². The summed E-state index contributed by atoms with van der Waals surface area (Å²) in [4.78, 5) is 36.6. The molecule has 1 unspecified atom stereocenters. The van der Waals surface area contributed by atoms with Crippen molar-refractivity contribution in [2.75, 3.05) is 26.7 Å². The smallest absolute Gasteiger partial charge is 0.410 e. The van der Waals surface area contributed by atoms with Crippen molar-refractivity contribution in [3.63, 3.8) is 0 Å². The van der Waals surface area contributed by atoms with Crippen molar-refractivity contribution in [3.8, 4) is 0 Å². The van der Waals surface area contributed by atoms with Gasteiger partial charge >= 0.3 is 12.1 Å². The number of hydrogen-bond donors (Lipinski definition) is 1. The van der Waals surface area contributed by atoms with Crippen LogP contribution in [0.15, 0.2) is 0 Å². The average Bonchev–Trinajstić information content (AvgIpc) is 3.40. The number of carbonyl (C=O) groups excluding carboxylic acids is 3. The Morgan fingerprint density at radius 2 is 1.85 bits per heavy atom. The lowest BCUT2D eigenvalue weighted by molar-refractivity contribution is -0.153. The summed E-state index contributed by atoms with van der Waals surface area (Å²) >= 11 is 4.24. The van der Waals surface area contributed by atoms with Crippen molar-refractivity contribution < 1.29 is 23.9 Å². The zero-order valence-electron chi connectivity index (χ0n) is 16.1. The molecule has 2 rings (SSSR count). The van der Waals surface area contributed by atoms with Crippen LogP contribution >= 0.6 is 37.2 Å². The lowest BCUT2D eigenvalue weighted by Crippen LogP contribution is -2.48. The number of rotatable bonds is 3. The van der Waals surface area contributed by atoms with Crippen LogP contribution in [0.25, 0.3) is 0 Å². The van der Waals surface area contributed by atoms with Gasteiger partial charge in [0.1, 0.15) is 11.5 Å². The van der Waals surface area contributed by atoms with Crippen LogP contribution in [0.4, 0.5) is 4.79 Å². The maximum Gasteiger partial charge on any atom is 0.410 e. The molecule has 2 aliphatic rings. The molecule has 0 radical (unpaired) electrons. The minimum atomic E-state index is -0.888. The number of amides is 1. The van der Waals surface area contributed by atoms with Gasteiger partial charge in [0.05, 0.1) is 6.61 Å². The minimum Gasteiger partial charge on any atom is -0.465 e. The molecule has 1 atom stereocenters. The number of carbonyl (C=O) groups is 3. The molecule has 1 heterocycles. The van der Waals surface area contributed by atoms with E-state index in [1.165, 1.54) is 17.7 Å². The second kappa shape index (κ2) is 13.1. The molecule has 0 spiro atoms. The predicted octanol–water partition coefficient (Wildman–Crippen LogP) is 3.52. The van der Waals surface area contributed by atoms with Crippen LogP contribution in [0.1, 0.15) is 47.0 Å². The molecular weight excluding hydrogens is 566 g/mol. The molecule has 1 aliphatic carbocycles. The van der Waals surface area contributed by atoms with Crippen molar-refractivity contribution in [1.29, 1.82) is 0 Å². The fourth-order valence-electron chi connectivity index (χ4n) is 2.15. The molecule has 0 bridgehead atoms. The Morgan fingerprint density at radius 3 is 2.23 bits per heavy atom. The average molecular weight is 596 g/mol. The van der Waals surface area contributed by atoms with E-state index in [1.807, 2.05) is 7.05 Å². The quantitative estimate of drug-likeness (QED) is 0.305. The minimum absolute atomic E-state index is 0.0343. The van der Waals surface area contributed by atoms with E-state index in [1.54, 1.807) is 27.7 Å². The first-order valence-corrected chi connectivity index (χ1v) is 14.9. The first kappa shape index (κ1) is 25.8. The lowest BCUT2D eigenvalue weighted by Gasteiger charge is -2.32. The highest BCUT2D eigenvalue weighted by Gasteiger charge is 2.37. The number of nitrogens with one attached hydrogen (secondary N) is 1. The van der Waals surface area contributed by atoms with E-state index < -0.39 is 23.6 Å². The van der Waals surface area contributed by atoms with Gasteiger partial charge in [0.25, 0.3) is 0 Å². The maximum absolute atomic E-state index is 11.9. The second-order valence-electron chi connectivity index (χ2n) is 7.01. The highest BCUT2D eigenvalue weighted by Crippen LogP contribution is 2.18. The first-order chi connectivity index (χ1) is 12.2. The monoisotopic (exact) mass is 596 g/mol. The highest BCUT2D eigenvalue weighted by molar-refractivity contribution is 15.0.